The molecule has 0 spiro atoms. The molecule has 50 valence electrons. The molecule has 0 aromatic heterocycles. The van der Waals surface area contributed by atoms with Gasteiger partial charge in [-0.3, -0.25) is 4.48 Å². The lowest BCUT2D eigenvalue weighted by Gasteiger charge is -2.19. The third-order valence-electron chi connectivity index (χ3n) is 1.41. The van der Waals surface area contributed by atoms with Crippen LogP contribution in [0.15, 0.2) is 17.4 Å². The molecular weight excluding hydrogens is 116 g/mol. The molecule has 0 aromatic rings. The Hall–Kier alpha value is -0.670. The van der Waals surface area contributed by atoms with Gasteiger partial charge in [0.05, 0.1) is 19.9 Å². The average Bonchev–Trinajstić information content (AvgIpc) is 2.16. The van der Waals surface area contributed by atoms with E-state index >= 15 is 0 Å². The fourth-order valence-electron chi connectivity index (χ4n) is 0.768. The molecule has 0 amide bonds. The van der Waals surface area contributed by atoms with E-state index in [1.807, 2.05) is 13.2 Å². The molecule has 0 radical (unpaired) electrons. The molecule has 1 heterocycles. The van der Waals surface area contributed by atoms with Crippen molar-refractivity contribution in [3.8, 4) is 0 Å². The van der Waals surface area contributed by atoms with Gasteiger partial charge in [-0.05, 0) is 0 Å². The lowest BCUT2D eigenvalue weighted by molar-refractivity contribution is -0.757. The Morgan fingerprint density at radius 2 is 2.44 bits per heavy atom. The zero-order chi connectivity index (χ0) is 6.74. The molecule has 1 N–H and O–H groups in total. The van der Waals surface area contributed by atoms with Crippen molar-refractivity contribution in [2.24, 2.45) is 4.99 Å². The molecule has 0 bridgehead atoms. The van der Waals surface area contributed by atoms with Crippen LogP contribution >= 0.6 is 0 Å². The maximum absolute atomic E-state index is 8.58. The molecular formula is C6H11N2O+. The van der Waals surface area contributed by atoms with Gasteiger partial charge in [0, 0.05) is 0 Å². The number of hydrogen-bond donors (Lipinski definition) is 1. The molecule has 0 aromatic carbocycles. The van der Waals surface area contributed by atoms with Crippen LogP contribution in [0.1, 0.15) is 0 Å². The van der Waals surface area contributed by atoms with Gasteiger partial charge >= 0.3 is 0 Å². The Labute approximate surface area is 54.5 Å². The van der Waals surface area contributed by atoms with Gasteiger partial charge in [0.1, 0.15) is 12.7 Å². The number of aliphatic hydroxyl groups is 1. The molecule has 0 fully saturated rings. The number of aliphatic hydroxyl groups excluding tert-OH is 1. The standard InChI is InChI=1S/C6H11N2O/c1-8(4-5-9)3-2-7-6-8/h2-3,6,9H,4-5H2,1H3/q+1. The van der Waals surface area contributed by atoms with Gasteiger partial charge in [-0.15, -0.1) is 0 Å². The molecule has 0 saturated carbocycles. The second kappa shape index (κ2) is 2.29. The van der Waals surface area contributed by atoms with Crippen LogP contribution in [0.4, 0.5) is 0 Å². The lowest BCUT2D eigenvalue weighted by Crippen LogP contribution is -2.37. The van der Waals surface area contributed by atoms with Crippen molar-refractivity contribution in [2.75, 3.05) is 20.2 Å². The van der Waals surface area contributed by atoms with Crippen molar-refractivity contribution in [1.29, 1.82) is 0 Å². The third kappa shape index (κ3) is 1.37. The van der Waals surface area contributed by atoms with Crippen molar-refractivity contribution in [3.05, 3.63) is 12.4 Å². The summed E-state index contributed by atoms with van der Waals surface area (Å²) < 4.78 is 0.622. The molecule has 1 unspecified atom stereocenters. The van der Waals surface area contributed by atoms with Crippen LogP contribution in [0.2, 0.25) is 0 Å². The predicted molar refractivity (Wildman–Crippen MR) is 35.8 cm³/mol. The summed E-state index contributed by atoms with van der Waals surface area (Å²) in [6.45, 7) is 0.910. The van der Waals surface area contributed by atoms with E-state index in [1.165, 1.54) is 0 Å². The van der Waals surface area contributed by atoms with Gasteiger partial charge in [-0.2, -0.15) is 0 Å². The first-order valence-corrected chi connectivity index (χ1v) is 2.95. The van der Waals surface area contributed by atoms with Crippen molar-refractivity contribution in [1.82, 2.24) is 0 Å². The molecule has 1 atom stereocenters. The van der Waals surface area contributed by atoms with Crippen molar-refractivity contribution in [3.63, 3.8) is 0 Å². The van der Waals surface area contributed by atoms with Crippen LogP contribution in [0.25, 0.3) is 0 Å². The van der Waals surface area contributed by atoms with E-state index in [0.29, 0.717) is 11.0 Å². The van der Waals surface area contributed by atoms with Gasteiger partial charge in [-0.25, -0.2) is 4.99 Å². The molecule has 1 aliphatic heterocycles. The van der Waals surface area contributed by atoms with E-state index in [-0.39, 0.29) is 6.61 Å². The van der Waals surface area contributed by atoms with Gasteiger partial charge < -0.3 is 5.11 Å². The number of nitrogens with zero attached hydrogens (tertiary/aromatic N) is 2. The predicted octanol–water partition coefficient (Wildman–Crippen LogP) is -0.0616. The molecule has 1 aliphatic rings. The zero-order valence-electron chi connectivity index (χ0n) is 5.49. The monoisotopic (exact) mass is 127 g/mol. The first kappa shape index (κ1) is 6.45. The summed E-state index contributed by atoms with van der Waals surface area (Å²) in [5.74, 6) is 0. The molecule has 1 rings (SSSR count). The van der Waals surface area contributed by atoms with Gasteiger partial charge in [-0.1, -0.05) is 0 Å². The Kier molecular flexibility index (Phi) is 1.64. The highest BCUT2D eigenvalue weighted by molar-refractivity contribution is 5.50. The van der Waals surface area contributed by atoms with Crippen LogP contribution in [-0.2, 0) is 0 Å². The van der Waals surface area contributed by atoms with Crippen LogP contribution in [0.5, 0.6) is 0 Å². The van der Waals surface area contributed by atoms with Crippen molar-refractivity contribution < 1.29 is 9.59 Å². The molecule has 3 nitrogen and oxygen atoms in total. The molecule has 9 heavy (non-hydrogen) atoms. The Balaban J connectivity index is 2.53. The van der Waals surface area contributed by atoms with Crippen LogP contribution in [0.3, 0.4) is 0 Å². The Bertz CT molecular complexity index is 139. The second-order valence-corrected chi connectivity index (χ2v) is 2.36. The summed E-state index contributed by atoms with van der Waals surface area (Å²) in [6, 6.07) is 0. The van der Waals surface area contributed by atoms with Gasteiger partial charge in [0.25, 0.3) is 0 Å². The largest absolute Gasteiger partial charge is 0.390 e. The van der Waals surface area contributed by atoms with Crippen molar-refractivity contribution >= 4 is 6.34 Å². The zero-order valence-corrected chi connectivity index (χ0v) is 5.49. The normalized spacial score (nSPS) is 31.8. The highest BCUT2D eigenvalue weighted by atomic mass is 16.3. The second-order valence-electron chi connectivity index (χ2n) is 2.36. The van der Waals surface area contributed by atoms with Crippen LogP contribution in [-0.4, -0.2) is 36.1 Å². The fraction of sp³-hybridized carbons (Fsp3) is 0.500. The van der Waals surface area contributed by atoms with Crippen LogP contribution in [0, 0.1) is 0 Å². The number of likely N-dealkylation sites (N-methyl/N-ethyl adjacent to an activating group) is 1. The third-order valence-corrected chi connectivity index (χ3v) is 1.41. The van der Waals surface area contributed by atoms with E-state index in [1.54, 1.807) is 12.5 Å². The summed E-state index contributed by atoms with van der Waals surface area (Å²) in [4.78, 5) is 3.91. The summed E-state index contributed by atoms with van der Waals surface area (Å²) >= 11 is 0. The van der Waals surface area contributed by atoms with E-state index < -0.39 is 0 Å². The quantitative estimate of drug-likeness (QED) is 0.518. The van der Waals surface area contributed by atoms with E-state index in [4.69, 9.17) is 5.11 Å². The topological polar surface area (TPSA) is 32.6 Å². The minimum absolute atomic E-state index is 0.201. The smallest absolute Gasteiger partial charge is 0.194 e. The first-order valence-electron chi connectivity index (χ1n) is 2.95. The maximum atomic E-state index is 8.58. The summed E-state index contributed by atoms with van der Waals surface area (Å²) in [7, 11) is 1.99. The van der Waals surface area contributed by atoms with E-state index in [0.717, 1.165) is 0 Å². The minimum Gasteiger partial charge on any atom is -0.390 e. The highest BCUT2D eigenvalue weighted by Crippen LogP contribution is 2.04. The van der Waals surface area contributed by atoms with E-state index in [2.05, 4.69) is 4.99 Å². The Morgan fingerprint density at radius 1 is 1.67 bits per heavy atom. The van der Waals surface area contributed by atoms with Gasteiger partial charge in [0.2, 0.25) is 0 Å². The fourth-order valence-corrected chi connectivity index (χ4v) is 0.768. The number of quaternary nitrogens is 1. The SMILES string of the molecule is C[N+]1(CCO)C=CN=C1. The molecule has 0 saturated heterocycles. The minimum atomic E-state index is 0.201. The summed E-state index contributed by atoms with van der Waals surface area (Å²) in [6.07, 6.45) is 5.49. The number of hydrogen-bond acceptors (Lipinski definition) is 2. The van der Waals surface area contributed by atoms with E-state index in [9.17, 15) is 0 Å². The number of rotatable bonds is 2. The highest BCUT2D eigenvalue weighted by Gasteiger charge is 2.17. The van der Waals surface area contributed by atoms with Crippen molar-refractivity contribution in [2.45, 2.75) is 0 Å². The summed E-state index contributed by atoms with van der Waals surface area (Å²) in [5, 5.41) is 8.58. The summed E-state index contributed by atoms with van der Waals surface area (Å²) in [5.41, 5.74) is 0. The van der Waals surface area contributed by atoms with Crippen LogP contribution < -0.4 is 0 Å². The first-order chi connectivity index (χ1) is 4.27. The lowest BCUT2D eigenvalue weighted by atomic mass is 10.5. The molecule has 3 heteroatoms. The van der Waals surface area contributed by atoms with Gasteiger partial charge in [0.15, 0.2) is 6.34 Å². The maximum Gasteiger partial charge on any atom is 0.194 e. The average molecular weight is 127 g/mol. The number of aliphatic imine (C=N–C) groups is 1. The Morgan fingerprint density at radius 3 is 2.89 bits per heavy atom. The molecule has 0 aliphatic carbocycles.